The molecule has 17 heavy (non-hydrogen) atoms. The zero-order valence-corrected chi connectivity index (χ0v) is 9.43. The van der Waals surface area contributed by atoms with E-state index in [4.69, 9.17) is 9.52 Å². The second-order valence-corrected chi connectivity index (χ2v) is 4.30. The van der Waals surface area contributed by atoms with Crippen LogP contribution in [0.4, 0.5) is 6.01 Å². The minimum atomic E-state index is -1.12. The lowest BCUT2D eigenvalue weighted by Crippen LogP contribution is -2.32. The van der Waals surface area contributed by atoms with E-state index in [9.17, 15) is 9.90 Å². The summed E-state index contributed by atoms with van der Waals surface area (Å²) >= 11 is 0. The third-order valence-electron chi connectivity index (χ3n) is 3.01. The summed E-state index contributed by atoms with van der Waals surface area (Å²) in [6, 6.07) is 0.0474. The maximum Gasteiger partial charge on any atom is 0.357 e. The van der Waals surface area contributed by atoms with Gasteiger partial charge in [0.15, 0.2) is 5.69 Å². The molecule has 0 saturated heterocycles. The van der Waals surface area contributed by atoms with Gasteiger partial charge in [0.05, 0.1) is 12.1 Å². The van der Waals surface area contributed by atoms with Crippen LogP contribution in [-0.4, -0.2) is 33.3 Å². The number of hydrogen-bond donors (Lipinski definition) is 3. The highest BCUT2D eigenvalue weighted by Crippen LogP contribution is 2.21. The van der Waals surface area contributed by atoms with Crippen LogP contribution in [-0.2, 0) is 0 Å². The van der Waals surface area contributed by atoms with Gasteiger partial charge >= 0.3 is 5.97 Å². The Hall–Kier alpha value is -1.56. The Morgan fingerprint density at radius 3 is 2.88 bits per heavy atom. The van der Waals surface area contributed by atoms with E-state index in [2.05, 4.69) is 10.3 Å². The van der Waals surface area contributed by atoms with E-state index in [1.165, 1.54) is 0 Å². The lowest BCUT2D eigenvalue weighted by atomic mass is 10.1. The van der Waals surface area contributed by atoms with Gasteiger partial charge < -0.3 is 19.9 Å². The summed E-state index contributed by atoms with van der Waals surface area (Å²) < 4.78 is 5.00. The predicted octanol–water partition coefficient (Wildman–Crippen LogP) is 1.48. The summed E-state index contributed by atoms with van der Waals surface area (Å²) in [6.07, 6.45) is 5.43. The zero-order chi connectivity index (χ0) is 12.3. The van der Waals surface area contributed by atoms with Crippen molar-refractivity contribution in [2.45, 2.75) is 44.2 Å². The van der Waals surface area contributed by atoms with Crippen LogP contribution in [0.25, 0.3) is 0 Å². The largest absolute Gasteiger partial charge is 0.476 e. The van der Waals surface area contributed by atoms with Crippen LogP contribution in [0.5, 0.6) is 0 Å². The highest BCUT2D eigenvalue weighted by molar-refractivity contribution is 5.85. The van der Waals surface area contributed by atoms with Crippen molar-refractivity contribution in [2.24, 2.45) is 0 Å². The highest BCUT2D eigenvalue weighted by Gasteiger charge is 2.23. The fraction of sp³-hybridized carbons (Fsp3) is 0.636. The minimum Gasteiger partial charge on any atom is -0.476 e. The molecule has 2 unspecified atom stereocenters. The summed E-state index contributed by atoms with van der Waals surface area (Å²) in [5.74, 6) is -1.12. The van der Waals surface area contributed by atoms with Crippen molar-refractivity contribution in [3.05, 3.63) is 12.0 Å². The van der Waals surface area contributed by atoms with Crippen molar-refractivity contribution in [1.29, 1.82) is 0 Å². The summed E-state index contributed by atoms with van der Waals surface area (Å²) in [5.41, 5.74) is -0.129. The number of aliphatic hydroxyl groups excluding tert-OH is 1. The molecule has 1 aromatic heterocycles. The molecule has 1 heterocycles. The quantitative estimate of drug-likeness (QED) is 0.692. The van der Waals surface area contributed by atoms with Crippen molar-refractivity contribution in [2.75, 3.05) is 5.32 Å². The van der Waals surface area contributed by atoms with Gasteiger partial charge in [0.1, 0.15) is 6.26 Å². The number of hydrogen-bond acceptors (Lipinski definition) is 5. The van der Waals surface area contributed by atoms with Crippen molar-refractivity contribution in [3.63, 3.8) is 0 Å². The Bertz CT molecular complexity index is 391. The number of carboxylic acid groups (broad SMARTS) is 1. The van der Waals surface area contributed by atoms with Crippen molar-refractivity contribution < 1.29 is 19.4 Å². The molecule has 1 aromatic rings. The van der Waals surface area contributed by atoms with Crippen LogP contribution in [0.2, 0.25) is 0 Å². The van der Waals surface area contributed by atoms with Crippen molar-refractivity contribution >= 4 is 12.0 Å². The standard InChI is InChI=1S/C11H16N2O4/c14-9-5-3-1-2-4-7(9)12-11-13-8(6-17-11)10(15)16/h6-7,9,14H,1-5H2,(H,12,13)(H,15,16). The molecule has 0 amide bonds. The van der Waals surface area contributed by atoms with Gasteiger partial charge in [-0.2, -0.15) is 4.98 Å². The maximum atomic E-state index is 10.6. The van der Waals surface area contributed by atoms with Crippen LogP contribution in [0, 0.1) is 0 Å². The molecule has 0 radical (unpaired) electrons. The first-order chi connectivity index (χ1) is 8.16. The second-order valence-electron chi connectivity index (χ2n) is 4.30. The summed E-state index contributed by atoms with van der Waals surface area (Å²) in [4.78, 5) is 14.4. The number of aromatic nitrogens is 1. The van der Waals surface area contributed by atoms with Gasteiger partial charge in [0, 0.05) is 0 Å². The third kappa shape index (κ3) is 2.97. The number of aliphatic hydroxyl groups is 1. The highest BCUT2D eigenvalue weighted by atomic mass is 16.4. The molecule has 6 nitrogen and oxygen atoms in total. The molecule has 0 spiro atoms. The van der Waals surface area contributed by atoms with E-state index in [0.717, 1.165) is 38.4 Å². The fourth-order valence-corrected chi connectivity index (χ4v) is 2.05. The Morgan fingerprint density at radius 2 is 2.18 bits per heavy atom. The van der Waals surface area contributed by atoms with Gasteiger partial charge in [-0.05, 0) is 12.8 Å². The van der Waals surface area contributed by atoms with E-state index in [1.54, 1.807) is 0 Å². The molecule has 2 rings (SSSR count). The Labute approximate surface area is 98.7 Å². The zero-order valence-electron chi connectivity index (χ0n) is 9.43. The average Bonchev–Trinajstić information content (AvgIpc) is 2.66. The fourth-order valence-electron chi connectivity index (χ4n) is 2.05. The van der Waals surface area contributed by atoms with Gasteiger partial charge in [-0.3, -0.25) is 0 Å². The molecule has 1 aliphatic carbocycles. The smallest absolute Gasteiger partial charge is 0.357 e. The van der Waals surface area contributed by atoms with E-state index in [1.807, 2.05) is 0 Å². The summed E-state index contributed by atoms with van der Waals surface area (Å²) in [7, 11) is 0. The second kappa shape index (κ2) is 5.18. The Kier molecular flexibility index (Phi) is 3.63. The predicted molar refractivity (Wildman–Crippen MR) is 60.0 cm³/mol. The van der Waals surface area contributed by atoms with Gasteiger partial charge in [-0.25, -0.2) is 4.79 Å². The van der Waals surface area contributed by atoms with Crippen LogP contribution >= 0.6 is 0 Å². The third-order valence-corrected chi connectivity index (χ3v) is 3.01. The number of anilines is 1. The number of nitrogens with one attached hydrogen (secondary N) is 1. The Morgan fingerprint density at radius 1 is 1.41 bits per heavy atom. The molecule has 3 N–H and O–H groups in total. The molecular weight excluding hydrogens is 224 g/mol. The first kappa shape index (κ1) is 11.9. The van der Waals surface area contributed by atoms with Crippen molar-refractivity contribution in [3.8, 4) is 0 Å². The molecule has 1 fully saturated rings. The molecule has 2 atom stereocenters. The Balaban J connectivity index is 2.00. The van der Waals surface area contributed by atoms with Gasteiger partial charge in [-0.15, -0.1) is 0 Å². The SMILES string of the molecule is O=C(O)c1coc(NC2CCCCCC2O)n1. The van der Waals surface area contributed by atoms with E-state index in [-0.39, 0.29) is 17.8 Å². The van der Waals surface area contributed by atoms with E-state index >= 15 is 0 Å². The first-order valence-electron chi connectivity index (χ1n) is 5.80. The lowest BCUT2D eigenvalue weighted by Gasteiger charge is -2.20. The molecule has 1 aliphatic rings. The van der Waals surface area contributed by atoms with Gasteiger partial charge in [0.2, 0.25) is 0 Å². The molecule has 1 saturated carbocycles. The van der Waals surface area contributed by atoms with Gasteiger partial charge in [-0.1, -0.05) is 19.3 Å². The van der Waals surface area contributed by atoms with Crippen LogP contribution in [0.1, 0.15) is 42.6 Å². The molecule has 0 aliphatic heterocycles. The number of carboxylic acids is 1. The van der Waals surface area contributed by atoms with Crippen LogP contribution < -0.4 is 5.32 Å². The average molecular weight is 240 g/mol. The van der Waals surface area contributed by atoms with Crippen LogP contribution in [0.15, 0.2) is 10.7 Å². The summed E-state index contributed by atoms with van der Waals surface area (Å²) in [5, 5.41) is 21.5. The molecule has 6 heteroatoms. The molecule has 94 valence electrons. The summed E-state index contributed by atoms with van der Waals surface area (Å²) in [6.45, 7) is 0. The number of nitrogens with zero attached hydrogens (tertiary/aromatic N) is 1. The topological polar surface area (TPSA) is 95.6 Å². The lowest BCUT2D eigenvalue weighted by molar-refractivity contribution is 0.0690. The molecule has 0 bridgehead atoms. The monoisotopic (exact) mass is 240 g/mol. The number of aromatic carboxylic acids is 1. The van der Waals surface area contributed by atoms with Crippen LogP contribution in [0.3, 0.4) is 0 Å². The van der Waals surface area contributed by atoms with E-state index < -0.39 is 12.1 Å². The first-order valence-corrected chi connectivity index (χ1v) is 5.80. The number of oxazole rings is 1. The van der Waals surface area contributed by atoms with E-state index in [0.29, 0.717) is 0 Å². The number of rotatable bonds is 3. The number of carbonyl (C=O) groups is 1. The molecular formula is C11H16N2O4. The molecule has 0 aromatic carbocycles. The van der Waals surface area contributed by atoms with Crippen molar-refractivity contribution in [1.82, 2.24) is 4.98 Å². The maximum absolute atomic E-state index is 10.6. The van der Waals surface area contributed by atoms with Gasteiger partial charge in [0.25, 0.3) is 6.01 Å². The normalized spacial score (nSPS) is 25.2. The minimum absolute atomic E-state index is 0.113.